The summed E-state index contributed by atoms with van der Waals surface area (Å²) in [6, 6.07) is 9.46. The van der Waals surface area contributed by atoms with Crippen LogP contribution in [0.25, 0.3) is 10.2 Å². The third-order valence-corrected chi connectivity index (χ3v) is 6.13. The first kappa shape index (κ1) is 17.2. The molecular formula is C20H20N4O3S. The van der Waals surface area contributed by atoms with Gasteiger partial charge in [0.2, 0.25) is 5.60 Å². The van der Waals surface area contributed by atoms with Gasteiger partial charge in [0.15, 0.2) is 11.5 Å². The van der Waals surface area contributed by atoms with E-state index >= 15 is 0 Å². The number of nitrogens with zero attached hydrogens (tertiary/aromatic N) is 4. The lowest BCUT2D eigenvalue weighted by molar-refractivity contribution is -0.151. The van der Waals surface area contributed by atoms with E-state index in [1.54, 1.807) is 24.6 Å². The highest BCUT2D eigenvalue weighted by Gasteiger charge is 2.44. The number of anilines is 1. The number of piperazine rings is 1. The molecule has 0 radical (unpaired) electrons. The molecule has 2 aromatic heterocycles. The van der Waals surface area contributed by atoms with E-state index in [-0.39, 0.29) is 12.5 Å². The minimum atomic E-state index is -1.01. The fourth-order valence-electron chi connectivity index (χ4n) is 3.70. The number of carbonyl (C=O) groups excluding carboxylic acids is 1. The zero-order valence-corrected chi connectivity index (χ0v) is 16.3. The Balaban J connectivity index is 1.29. The maximum Gasteiger partial charge on any atom is 0.270 e. The van der Waals surface area contributed by atoms with Gasteiger partial charge < -0.3 is 19.3 Å². The summed E-state index contributed by atoms with van der Waals surface area (Å²) in [4.78, 5) is 26.0. The Morgan fingerprint density at radius 1 is 1.11 bits per heavy atom. The monoisotopic (exact) mass is 396 g/mol. The number of hydrogen-bond acceptors (Lipinski definition) is 7. The maximum atomic E-state index is 13.2. The summed E-state index contributed by atoms with van der Waals surface area (Å²) in [5.41, 5.74) is -0.0423. The molecule has 28 heavy (non-hydrogen) atoms. The summed E-state index contributed by atoms with van der Waals surface area (Å²) in [5, 5.41) is 2.03. The second kappa shape index (κ2) is 6.63. The lowest BCUT2D eigenvalue weighted by atomic mass is 10.0. The SMILES string of the molecule is CC1(C(=O)N2CCN(c3ncnc4ccsc34)CC2)COc2ccccc2O1. The van der Waals surface area contributed by atoms with E-state index < -0.39 is 5.60 Å². The lowest BCUT2D eigenvalue weighted by Gasteiger charge is -2.41. The Morgan fingerprint density at radius 2 is 1.89 bits per heavy atom. The van der Waals surface area contributed by atoms with Gasteiger partial charge in [-0.15, -0.1) is 11.3 Å². The second-order valence-electron chi connectivity index (χ2n) is 7.18. The highest BCUT2D eigenvalue weighted by molar-refractivity contribution is 7.17. The van der Waals surface area contributed by atoms with E-state index in [9.17, 15) is 4.79 Å². The zero-order chi connectivity index (χ0) is 19.1. The summed E-state index contributed by atoms with van der Waals surface area (Å²) >= 11 is 1.65. The average molecular weight is 396 g/mol. The number of ether oxygens (including phenoxy) is 2. The molecule has 0 saturated carbocycles. The number of hydrogen-bond donors (Lipinski definition) is 0. The standard InChI is InChI=1S/C20H20N4O3S/c1-20(12-26-15-4-2-3-5-16(15)27-20)19(25)24-9-7-23(8-10-24)18-17-14(6-11-28-17)21-13-22-18/h2-6,11,13H,7-10,12H2,1H3. The Hall–Kier alpha value is -2.87. The molecule has 144 valence electrons. The summed E-state index contributed by atoms with van der Waals surface area (Å²) in [7, 11) is 0. The molecule has 1 unspecified atom stereocenters. The minimum Gasteiger partial charge on any atom is -0.485 e. The van der Waals surface area contributed by atoms with E-state index in [1.165, 1.54) is 0 Å². The molecule has 1 fully saturated rings. The molecule has 1 atom stereocenters. The van der Waals surface area contributed by atoms with Crippen LogP contribution in [0, 0.1) is 0 Å². The summed E-state index contributed by atoms with van der Waals surface area (Å²) in [5.74, 6) is 2.21. The Morgan fingerprint density at radius 3 is 2.71 bits per heavy atom. The molecule has 1 aromatic carbocycles. The van der Waals surface area contributed by atoms with Crippen LogP contribution in [0.3, 0.4) is 0 Å². The fraction of sp³-hybridized carbons (Fsp3) is 0.350. The zero-order valence-electron chi connectivity index (χ0n) is 15.5. The maximum absolute atomic E-state index is 13.2. The largest absolute Gasteiger partial charge is 0.485 e. The summed E-state index contributed by atoms with van der Waals surface area (Å²) < 4.78 is 12.9. The average Bonchev–Trinajstić information content (AvgIpc) is 3.22. The number of para-hydroxylation sites is 2. The van der Waals surface area contributed by atoms with Crippen molar-refractivity contribution in [2.45, 2.75) is 12.5 Å². The van der Waals surface area contributed by atoms with Crippen molar-refractivity contribution >= 4 is 33.3 Å². The fourth-order valence-corrected chi connectivity index (χ4v) is 4.57. The highest BCUT2D eigenvalue weighted by atomic mass is 32.1. The molecule has 0 spiro atoms. The first-order valence-electron chi connectivity index (χ1n) is 9.27. The molecule has 3 aromatic rings. The van der Waals surface area contributed by atoms with Crippen LogP contribution < -0.4 is 14.4 Å². The van der Waals surface area contributed by atoms with E-state index in [2.05, 4.69) is 14.9 Å². The molecule has 1 amide bonds. The van der Waals surface area contributed by atoms with E-state index in [4.69, 9.17) is 9.47 Å². The summed E-state index contributed by atoms with van der Waals surface area (Å²) in [6.07, 6.45) is 1.60. The number of amides is 1. The van der Waals surface area contributed by atoms with Crippen LogP contribution in [0.5, 0.6) is 11.5 Å². The van der Waals surface area contributed by atoms with Crippen LogP contribution in [-0.4, -0.2) is 59.2 Å². The van der Waals surface area contributed by atoms with E-state index in [1.807, 2.05) is 40.6 Å². The highest BCUT2D eigenvalue weighted by Crippen LogP contribution is 2.36. The van der Waals surface area contributed by atoms with Gasteiger partial charge in [-0.1, -0.05) is 12.1 Å². The third-order valence-electron chi connectivity index (χ3n) is 5.23. The smallest absolute Gasteiger partial charge is 0.270 e. The van der Waals surface area contributed by atoms with Crippen molar-refractivity contribution < 1.29 is 14.3 Å². The first-order chi connectivity index (χ1) is 13.6. The number of rotatable bonds is 2. The van der Waals surface area contributed by atoms with Crippen molar-refractivity contribution in [1.29, 1.82) is 0 Å². The molecule has 4 heterocycles. The number of benzene rings is 1. The van der Waals surface area contributed by atoms with Crippen molar-refractivity contribution in [3.63, 3.8) is 0 Å². The molecule has 7 nitrogen and oxygen atoms in total. The van der Waals surface area contributed by atoms with Crippen LogP contribution in [-0.2, 0) is 4.79 Å². The van der Waals surface area contributed by atoms with Gasteiger partial charge in [0.05, 0.1) is 10.2 Å². The van der Waals surface area contributed by atoms with Crippen LogP contribution >= 0.6 is 11.3 Å². The van der Waals surface area contributed by atoms with Gasteiger partial charge in [0, 0.05) is 26.2 Å². The van der Waals surface area contributed by atoms with Crippen molar-refractivity contribution in [2.75, 3.05) is 37.7 Å². The van der Waals surface area contributed by atoms with Gasteiger partial charge in [-0.3, -0.25) is 4.79 Å². The Bertz CT molecular complexity index is 1030. The number of fused-ring (bicyclic) bond motifs is 2. The third kappa shape index (κ3) is 2.84. The normalized spacial score (nSPS) is 21.8. The molecule has 0 aliphatic carbocycles. The number of aromatic nitrogens is 2. The molecule has 0 N–H and O–H groups in total. The molecule has 8 heteroatoms. The van der Waals surface area contributed by atoms with Crippen molar-refractivity contribution in [2.24, 2.45) is 0 Å². The van der Waals surface area contributed by atoms with Crippen molar-refractivity contribution in [3.8, 4) is 11.5 Å². The Kier molecular flexibility index (Phi) is 4.08. The molecule has 2 aliphatic heterocycles. The van der Waals surface area contributed by atoms with Gasteiger partial charge in [0.1, 0.15) is 18.8 Å². The lowest BCUT2D eigenvalue weighted by Crippen LogP contribution is -2.59. The van der Waals surface area contributed by atoms with Crippen molar-refractivity contribution in [1.82, 2.24) is 14.9 Å². The Labute approximate surface area is 166 Å². The predicted molar refractivity (Wildman–Crippen MR) is 107 cm³/mol. The van der Waals surface area contributed by atoms with Crippen LogP contribution in [0.4, 0.5) is 5.82 Å². The quantitative estimate of drug-likeness (QED) is 0.663. The van der Waals surface area contributed by atoms with Gasteiger partial charge in [-0.2, -0.15) is 0 Å². The molecule has 2 aliphatic rings. The van der Waals surface area contributed by atoms with Gasteiger partial charge in [-0.25, -0.2) is 9.97 Å². The van der Waals surface area contributed by atoms with Gasteiger partial charge in [-0.05, 0) is 30.5 Å². The van der Waals surface area contributed by atoms with Crippen LogP contribution in [0.1, 0.15) is 6.92 Å². The minimum absolute atomic E-state index is 0.0365. The second-order valence-corrected chi connectivity index (χ2v) is 8.10. The topological polar surface area (TPSA) is 67.8 Å². The van der Waals surface area contributed by atoms with Gasteiger partial charge in [0.25, 0.3) is 5.91 Å². The molecule has 0 bridgehead atoms. The number of carbonyl (C=O) groups is 1. The molecular weight excluding hydrogens is 376 g/mol. The van der Waals surface area contributed by atoms with Crippen LogP contribution in [0.15, 0.2) is 42.0 Å². The molecule has 1 saturated heterocycles. The van der Waals surface area contributed by atoms with E-state index in [0.29, 0.717) is 24.6 Å². The predicted octanol–water partition coefficient (Wildman–Crippen LogP) is 2.57. The van der Waals surface area contributed by atoms with Crippen molar-refractivity contribution in [3.05, 3.63) is 42.0 Å². The first-order valence-corrected chi connectivity index (χ1v) is 10.2. The molecule has 5 rings (SSSR count). The van der Waals surface area contributed by atoms with E-state index in [0.717, 1.165) is 29.1 Å². The summed E-state index contributed by atoms with van der Waals surface area (Å²) in [6.45, 7) is 4.71. The van der Waals surface area contributed by atoms with Crippen LogP contribution in [0.2, 0.25) is 0 Å². The number of thiophene rings is 1. The van der Waals surface area contributed by atoms with Gasteiger partial charge >= 0.3 is 0 Å².